The first-order valence-corrected chi connectivity index (χ1v) is 7.03. The van der Waals surface area contributed by atoms with E-state index in [0.717, 1.165) is 0 Å². The molecule has 3 aromatic rings. The minimum absolute atomic E-state index is 1.25. The Balaban J connectivity index is 2.02. The molecule has 3 aromatic heterocycles. The summed E-state index contributed by atoms with van der Waals surface area (Å²) >= 11 is 5.30. The zero-order valence-corrected chi connectivity index (χ0v) is 10.2. The predicted octanol–water partition coefficient (Wildman–Crippen LogP) is 4.60. The van der Waals surface area contributed by atoms with Crippen LogP contribution in [0.4, 0.5) is 0 Å². The normalized spacial score (nSPS) is 10.7. The molecule has 0 aliphatic rings. The molecule has 0 bridgehead atoms. The maximum absolute atomic E-state index is 4.10. The lowest BCUT2D eigenvalue weighted by molar-refractivity contribution is 1.43. The van der Waals surface area contributed by atoms with Gasteiger partial charge in [0.2, 0.25) is 0 Å². The van der Waals surface area contributed by atoms with Crippen LogP contribution >= 0.6 is 34.0 Å². The van der Waals surface area contributed by atoms with Gasteiger partial charge in [-0.1, -0.05) is 6.07 Å². The molecule has 0 unspecified atom stereocenters. The van der Waals surface area contributed by atoms with Gasteiger partial charge in [-0.05, 0) is 23.6 Å². The molecule has 0 atom stereocenters. The second-order valence-electron chi connectivity index (χ2n) is 3.01. The monoisotopic (exact) mass is 249 g/mol. The van der Waals surface area contributed by atoms with E-state index < -0.39 is 0 Å². The minimum Gasteiger partial charge on any atom is -0.252 e. The van der Waals surface area contributed by atoms with Gasteiger partial charge in [0, 0.05) is 20.8 Å². The van der Waals surface area contributed by atoms with E-state index in [4.69, 9.17) is 0 Å². The van der Waals surface area contributed by atoms with E-state index >= 15 is 0 Å². The Hall–Kier alpha value is -0.970. The fraction of sp³-hybridized carbons (Fsp3) is 0. The molecule has 0 N–H and O–H groups in total. The molecule has 3 rings (SSSR count). The smallest absolute Gasteiger partial charge is 0.0798 e. The number of thiazole rings is 1. The molecule has 0 saturated carbocycles. The average Bonchev–Trinajstić information content (AvgIpc) is 3.02. The number of hydrogen-bond donors (Lipinski definition) is 0. The Morgan fingerprint density at radius 2 is 1.73 bits per heavy atom. The van der Waals surface area contributed by atoms with E-state index in [0.29, 0.717) is 0 Å². The Bertz CT molecular complexity index is 485. The first kappa shape index (κ1) is 9.27. The highest BCUT2D eigenvalue weighted by atomic mass is 32.1. The van der Waals surface area contributed by atoms with Crippen molar-refractivity contribution in [2.75, 3.05) is 0 Å². The topological polar surface area (TPSA) is 12.9 Å². The second kappa shape index (κ2) is 3.89. The standard InChI is InChI=1S/C11H7NS3/c1-2-8(13-5-1)9-3-4-10(15-9)11-6-12-7-14-11/h1-7H. The van der Waals surface area contributed by atoms with Crippen LogP contribution in [0.15, 0.2) is 41.4 Å². The summed E-state index contributed by atoms with van der Waals surface area (Å²) in [5, 5.41) is 2.11. The predicted molar refractivity (Wildman–Crippen MR) is 68.7 cm³/mol. The number of nitrogens with zero attached hydrogens (tertiary/aromatic N) is 1. The third-order valence-corrected chi connectivity index (χ3v) is 5.16. The fourth-order valence-corrected chi connectivity index (χ4v) is 3.91. The minimum atomic E-state index is 1.25. The number of rotatable bonds is 2. The van der Waals surface area contributed by atoms with Crippen LogP contribution in [0.5, 0.6) is 0 Å². The third-order valence-electron chi connectivity index (χ3n) is 2.05. The molecule has 0 amide bonds. The Morgan fingerprint density at radius 1 is 0.867 bits per heavy atom. The second-order valence-corrected chi connectivity index (χ2v) is 5.92. The molecular formula is C11H7NS3. The highest BCUT2D eigenvalue weighted by molar-refractivity contribution is 7.25. The molecule has 4 heteroatoms. The summed E-state index contributed by atoms with van der Waals surface area (Å²) in [5.41, 5.74) is 1.87. The van der Waals surface area contributed by atoms with Crippen molar-refractivity contribution in [3.8, 4) is 19.5 Å². The quantitative estimate of drug-likeness (QED) is 0.647. The Labute approximate surface area is 99.7 Å². The van der Waals surface area contributed by atoms with Crippen LogP contribution in [-0.2, 0) is 0 Å². The van der Waals surface area contributed by atoms with Gasteiger partial charge in [0.15, 0.2) is 0 Å². The molecule has 3 heterocycles. The van der Waals surface area contributed by atoms with Gasteiger partial charge in [0.25, 0.3) is 0 Å². The summed E-state index contributed by atoms with van der Waals surface area (Å²) in [5.74, 6) is 0. The van der Waals surface area contributed by atoms with Crippen LogP contribution in [-0.4, -0.2) is 4.98 Å². The molecule has 0 fully saturated rings. The molecule has 0 spiro atoms. The van der Waals surface area contributed by atoms with E-state index in [9.17, 15) is 0 Å². The van der Waals surface area contributed by atoms with Crippen molar-refractivity contribution in [1.29, 1.82) is 0 Å². The maximum atomic E-state index is 4.10. The van der Waals surface area contributed by atoms with E-state index in [1.54, 1.807) is 22.7 Å². The lowest BCUT2D eigenvalue weighted by atomic mass is 10.3. The fourth-order valence-electron chi connectivity index (χ4n) is 1.36. The largest absolute Gasteiger partial charge is 0.252 e. The van der Waals surface area contributed by atoms with Crippen molar-refractivity contribution < 1.29 is 0 Å². The van der Waals surface area contributed by atoms with Gasteiger partial charge in [0.05, 0.1) is 10.4 Å². The number of aromatic nitrogens is 1. The van der Waals surface area contributed by atoms with E-state index in [-0.39, 0.29) is 0 Å². The number of hydrogen-bond acceptors (Lipinski definition) is 4. The zero-order valence-electron chi connectivity index (χ0n) is 7.71. The molecule has 0 radical (unpaired) electrons. The van der Waals surface area contributed by atoms with Gasteiger partial charge in [0.1, 0.15) is 0 Å². The summed E-state index contributed by atoms with van der Waals surface area (Å²) in [6.07, 6.45) is 1.93. The summed E-state index contributed by atoms with van der Waals surface area (Å²) in [6, 6.07) is 8.61. The van der Waals surface area contributed by atoms with Crippen molar-refractivity contribution in [3.63, 3.8) is 0 Å². The molecule has 0 aliphatic heterocycles. The zero-order chi connectivity index (χ0) is 10.1. The molecular weight excluding hydrogens is 242 g/mol. The van der Waals surface area contributed by atoms with Crippen molar-refractivity contribution >= 4 is 34.0 Å². The van der Waals surface area contributed by atoms with E-state index in [1.807, 2.05) is 23.0 Å². The van der Waals surface area contributed by atoms with Crippen LogP contribution in [0, 0.1) is 0 Å². The van der Waals surface area contributed by atoms with Gasteiger partial charge in [-0.2, -0.15) is 0 Å². The molecule has 15 heavy (non-hydrogen) atoms. The van der Waals surface area contributed by atoms with Crippen LogP contribution in [0.3, 0.4) is 0 Å². The van der Waals surface area contributed by atoms with Crippen LogP contribution in [0.25, 0.3) is 19.5 Å². The first-order valence-electron chi connectivity index (χ1n) is 4.46. The summed E-state index contributed by atoms with van der Waals surface area (Å²) in [7, 11) is 0. The van der Waals surface area contributed by atoms with Crippen LogP contribution < -0.4 is 0 Å². The van der Waals surface area contributed by atoms with Gasteiger partial charge in [-0.25, -0.2) is 0 Å². The van der Waals surface area contributed by atoms with E-state index in [1.165, 1.54) is 19.5 Å². The SMILES string of the molecule is c1csc(-c2ccc(-c3cncs3)s2)c1. The first-order chi connectivity index (χ1) is 7.43. The highest BCUT2D eigenvalue weighted by Crippen LogP contribution is 2.37. The summed E-state index contributed by atoms with van der Waals surface area (Å²) < 4.78 is 0. The van der Waals surface area contributed by atoms with Crippen molar-refractivity contribution in [1.82, 2.24) is 4.98 Å². The third kappa shape index (κ3) is 1.76. The average molecular weight is 249 g/mol. The van der Waals surface area contributed by atoms with Gasteiger partial charge in [-0.15, -0.1) is 34.0 Å². The van der Waals surface area contributed by atoms with Crippen LogP contribution in [0.2, 0.25) is 0 Å². The Morgan fingerprint density at radius 3 is 2.40 bits per heavy atom. The van der Waals surface area contributed by atoms with Gasteiger partial charge < -0.3 is 0 Å². The summed E-state index contributed by atoms with van der Waals surface area (Å²) in [6.45, 7) is 0. The van der Waals surface area contributed by atoms with Crippen molar-refractivity contribution in [2.45, 2.75) is 0 Å². The summed E-state index contributed by atoms with van der Waals surface area (Å²) in [4.78, 5) is 9.34. The van der Waals surface area contributed by atoms with E-state index in [2.05, 4.69) is 34.6 Å². The maximum Gasteiger partial charge on any atom is 0.0798 e. The van der Waals surface area contributed by atoms with Crippen molar-refractivity contribution in [2.24, 2.45) is 0 Å². The van der Waals surface area contributed by atoms with Gasteiger partial charge >= 0.3 is 0 Å². The molecule has 0 saturated heterocycles. The Kier molecular flexibility index (Phi) is 2.40. The number of thiophene rings is 2. The molecule has 0 aliphatic carbocycles. The van der Waals surface area contributed by atoms with Crippen molar-refractivity contribution in [3.05, 3.63) is 41.4 Å². The lowest BCUT2D eigenvalue weighted by Crippen LogP contribution is -1.58. The van der Waals surface area contributed by atoms with Gasteiger partial charge in [-0.3, -0.25) is 4.98 Å². The van der Waals surface area contributed by atoms with Crippen LogP contribution in [0.1, 0.15) is 0 Å². The molecule has 0 aromatic carbocycles. The molecule has 74 valence electrons. The molecule has 1 nitrogen and oxygen atoms in total. The lowest BCUT2D eigenvalue weighted by Gasteiger charge is -1.88. The highest BCUT2D eigenvalue weighted by Gasteiger charge is 2.06.